The molecule has 0 spiro atoms. The van der Waals surface area contributed by atoms with Crippen LogP contribution in [0.3, 0.4) is 0 Å². The van der Waals surface area contributed by atoms with Crippen molar-refractivity contribution in [2.24, 2.45) is 5.10 Å². The van der Waals surface area contributed by atoms with Crippen molar-refractivity contribution in [1.82, 2.24) is 10.7 Å². The van der Waals surface area contributed by atoms with Crippen LogP contribution < -0.4 is 10.7 Å². The van der Waals surface area contributed by atoms with Crippen molar-refractivity contribution in [2.45, 2.75) is 6.92 Å². The Kier molecular flexibility index (Phi) is 5.02. The first-order valence-corrected chi connectivity index (χ1v) is 6.47. The van der Waals surface area contributed by atoms with Gasteiger partial charge in [0.1, 0.15) is 5.82 Å². The number of nitrogens with zero attached hydrogens (tertiary/aromatic N) is 1. The Labute approximate surface area is 126 Å². The van der Waals surface area contributed by atoms with Crippen LogP contribution in [0.5, 0.6) is 0 Å². The van der Waals surface area contributed by atoms with Gasteiger partial charge in [-0.2, -0.15) is 5.10 Å². The third-order valence-corrected chi connectivity index (χ3v) is 2.76. The minimum absolute atomic E-state index is 0.124. The molecule has 0 unspecified atom stereocenters. The first-order valence-electron chi connectivity index (χ1n) is 6.47. The zero-order valence-corrected chi connectivity index (χ0v) is 11.8. The zero-order chi connectivity index (χ0) is 15.9. The van der Waals surface area contributed by atoms with E-state index >= 15 is 0 Å². The largest absolute Gasteiger partial charge is 0.459 e. The molecule has 0 bridgehead atoms. The summed E-state index contributed by atoms with van der Waals surface area (Å²) in [7, 11) is 0. The van der Waals surface area contributed by atoms with E-state index in [0.717, 1.165) is 0 Å². The van der Waals surface area contributed by atoms with Crippen molar-refractivity contribution in [2.75, 3.05) is 6.54 Å². The van der Waals surface area contributed by atoms with Crippen LogP contribution in [0.2, 0.25) is 0 Å². The minimum atomic E-state index is -0.487. The number of amides is 2. The molecule has 0 atom stereocenters. The minimum Gasteiger partial charge on any atom is -0.459 e. The molecule has 0 aliphatic heterocycles. The highest BCUT2D eigenvalue weighted by atomic mass is 19.1. The summed E-state index contributed by atoms with van der Waals surface area (Å²) in [5.74, 6) is -1.19. The number of hydrogen-bond acceptors (Lipinski definition) is 4. The molecule has 2 N–H and O–H groups in total. The van der Waals surface area contributed by atoms with Gasteiger partial charge in [0.2, 0.25) is 0 Å². The van der Waals surface area contributed by atoms with Crippen LogP contribution >= 0.6 is 0 Å². The van der Waals surface area contributed by atoms with Crippen molar-refractivity contribution in [3.05, 3.63) is 59.8 Å². The first-order chi connectivity index (χ1) is 10.6. The Morgan fingerprint density at radius 3 is 2.59 bits per heavy atom. The van der Waals surface area contributed by atoms with Crippen molar-refractivity contribution in [3.63, 3.8) is 0 Å². The summed E-state index contributed by atoms with van der Waals surface area (Å²) in [4.78, 5) is 23.1. The molecule has 0 aliphatic rings. The third-order valence-electron chi connectivity index (χ3n) is 2.76. The summed E-state index contributed by atoms with van der Waals surface area (Å²) in [6.45, 7) is 1.44. The van der Waals surface area contributed by atoms with Crippen LogP contribution in [-0.4, -0.2) is 24.1 Å². The fourth-order valence-corrected chi connectivity index (χ4v) is 1.60. The van der Waals surface area contributed by atoms with Crippen molar-refractivity contribution in [1.29, 1.82) is 0 Å². The van der Waals surface area contributed by atoms with Gasteiger partial charge < -0.3 is 9.73 Å². The van der Waals surface area contributed by atoms with Crippen LogP contribution in [0, 0.1) is 5.82 Å². The van der Waals surface area contributed by atoms with Gasteiger partial charge in [0.15, 0.2) is 5.76 Å². The number of hydrazone groups is 1. The Balaban J connectivity index is 1.83. The van der Waals surface area contributed by atoms with E-state index in [0.29, 0.717) is 11.3 Å². The fourth-order valence-electron chi connectivity index (χ4n) is 1.60. The van der Waals surface area contributed by atoms with Crippen molar-refractivity contribution >= 4 is 17.5 Å². The zero-order valence-electron chi connectivity index (χ0n) is 11.8. The fraction of sp³-hybridized carbons (Fsp3) is 0.133. The van der Waals surface area contributed by atoms with Crippen molar-refractivity contribution in [3.8, 4) is 0 Å². The van der Waals surface area contributed by atoms with E-state index in [2.05, 4.69) is 15.8 Å². The number of carbonyl (C=O) groups is 2. The van der Waals surface area contributed by atoms with Gasteiger partial charge in [0, 0.05) is 0 Å². The van der Waals surface area contributed by atoms with E-state index in [-0.39, 0.29) is 18.1 Å². The third kappa shape index (κ3) is 4.27. The molecule has 7 heteroatoms. The maximum atomic E-state index is 12.8. The highest BCUT2D eigenvalue weighted by Crippen LogP contribution is 2.03. The van der Waals surface area contributed by atoms with Crippen LogP contribution in [-0.2, 0) is 4.79 Å². The number of benzene rings is 1. The summed E-state index contributed by atoms with van der Waals surface area (Å²) in [6.07, 6.45) is 1.37. The highest BCUT2D eigenvalue weighted by molar-refractivity contribution is 5.99. The second-order valence-electron chi connectivity index (χ2n) is 4.40. The average Bonchev–Trinajstić information content (AvgIpc) is 3.05. The molecule has 2 amide bonds. The van der Waals surface area contributed by atoms with Gasteiger partial charge in [0.25, 0.3) is 11.8 Å². The molecule has 0 aliphatic carbocycles. The van der Waals surface area contributed by atoms with Crippen LogP contribution in [0.25, 0.3) is 0 Å². The number of carbonyl (C=O) groups excluding carboxylic acids is 2. The molecule has 1 aromatic heterocycles. The average molecular weight is 303 g/mol. The van der Waals surface area contributed by atoms with Gasteiger partial charge in [0.05, 0.1) is 18.5 Å². The normalized spacial score (nSPS) is 11.1. The lowest BCUT2D eigenvalue weighted by Crippen LogP contribution is -2.35. The standard InChI is InChI=1S/C15H14FN3O3/c1-10(11-4-6-12(16)7-5-11)18-19-14(20)9-17-15(21)13-3-2-8-22-13/h2-8H,9H2,1H3,(H,17,21)(H,19,20)/b18-10+. The van der Waals surface area contributed by atoms with Gasteiger partial charge >= 0.3 is 0 Å². The summed E-state index contributed by atoms with van der Waals surface area (Å²) in [5, 5.41) is 6.28. The quantitative estimate of drug-likeness (QED) is 0.651. The van der Waals surface area contributed by atoms with Gasteiger partial charge in [-0.3, -0.25) is 9.59 Å². The maximum Gasteiger partial charge on any atom is 0.287 e. The Bertz CT molecular complexity index is 679. The number of hydrogen-bond donors (Lipinski definition) is 2. The van der Waals surface area contributed by atoms with Crippen LogP contribution in [0.4, 0.5) is 4.39 Å². The van der Waals surface area contributed by atoms with Gasteiger partial charge in [-0.15, -0.1) is 0 Å². The Morgan fingerprint density at radius 2 is 1.95 bits per heavy atom. The lowest BCUT2D eigenvalue weighted by atomic mass is 10.1. The second-order valence-corrected chi connectivity index (χ2v) is 4.40. The first kappa shape index (κ1) is 15.4. The molecule has 114 valence electrons. The van der Waals surface area contributed by atoms with E-state index in [1.807, 2.05) is 0 Å². The number of furan rings is 1. The van der Waals surface area contributed by atoms with E-state index in [4.69, 9.17) is 4.42 Å². The molecule has 6 nitrogen and oxygen atoms in total. The molecule has 0 saturated heterocycles. The van der Waals surface area contributed by atoms with Gasteiger partial charge in [-0.25, -0.2) is 9.82 Å². The molecule has 1 aromatic carbocycles. The van der Waals surface area contributed by atoms with Gasteiger partial charge in [-0.05, 0) is 36.8 Å². The molecular formula is C15H14FN3O3. The smallest absolute Gasteiger partial charge is 0.287 e. The summed E-state index contributed by atoms with van der Waals surface area (Å²) in [6, 6.07) is 8.78. The summed E-state index contributed by atoms with van der Waals surface area (Å²) in [5.41, 5.74) is 3.51. The molecule has 0 radical (unpaired) electrons. The summed E-state index contributed by atoms with van der Waals surface area (Å²) < 4.78 is 17.7. The maximum absolute atomic E-state index is 12.8. The van der Waals surface area contributed by atoms with Gasteiger partial charge in [-0.1, -0.05) is 12.1 Å². The van der Waals surface area contributed by atoms with E-state index in [9.17, 15) is 14.0 Å². The number of rotatable bonds is 5. The highest BCUT2D eigenvalue weighted by Gasteiger charge is 2.09. The van der Waals surface area contributed by atoms with E-state index in [1.165, 1.54) is 24.5 Å². The lowest BCUT2D eigenvalue weighted by Gasteiger charge is -2.04. The SMILES string of the molecule is C/C(=N\NC(=O)CNC(=O)c1ccco1)c1ccc(F)cc1. The van der Waals surface area contributed by atoms with Crippen LogP contribution in [0.15, 0.2) is 52.2 Å². The predicted octanol–water partition coefficient (Wildman–Crippen LogP) is 1.69. The molecule has 22 heavy (non-hydrogen) atoms. The second kappa shape index (κ2) is 7.16. The monoisotopic (exact) mass is 303 g/mol. The predicted molar refractivity (Wildman–Crippen MR) is 77.8 cm³/mol. The summed E-state index contributed by atoms with van der Waals surface area (Å²) >= 11 is 0. The van der Waals surface area contributed by atoms with E-state index < -0.39 is 11.8 Å². The molecule has 0 fully saturated rings. The topological polar surface area (TPSA) is 83.7 Å². The number of halogens is 1. The molecular weight excluding hydrogens is 289 g/mol. The molecule has 2 rings (SSSR count). The van der Waals surface area contributed by atoms with Crippen LogP contribution in [0.1, 0.15) is 23.0 Å². The molecule has 2 aromatic rings. The van der Waals surface area contributed by atoms with Crippen molar-refractivity contribution < 1.29 is 18.4 Å². The Hall–Kier alpha value is -2.96. The lowest BCUT2D eigenvalue weighted by molar-refractivity contribution is -0.120. The number of nitrogens with one attached hydrogen (secondary N) is 2. The molecule has 1 heterocycles. The Morgan fingerprint density at radius 1 is 1.23 bits per heavy atom. The van der Waals surface area contributed by atoms with E-state index in [1.54, 1.807) is 25.1 Å². The molecule has 0 saturated carbocycles.